The highest BCUT2D eigenvalue weighted by molar-refractivity contribution is 5.92. The monoisotopic (exact) mass is 247 g/mol. The summed E-state index contributed by atoms with van der Waals surface area (Å²) in [5.74, 6) is -1.60. The van der Waals surface area contributed by atoms with E-state index in [2.05, 4.69) is 4.74 Å². The average molecular weight is 247 g/mol. The van der Waals surface area contributed by atoms with Crippen LogP contribution in [0.25, 0.3) is 0 Å². The van der Waals surface area contributed by atoms with Crippen molar-refractivity contribution < 1.29 is 22.9 Å². The van der Waals surface area contributed by atoms with Crippen molar-refractivity contribution in [3.05, 3.63) is 35.6 Å². The van der Waals surface area contributed by atoms with Gasteiger partial charge in [-0.15, -0.1) is 4.48 Å². The SMILES string of the molecule is O=C(NC(=NF)NF)OCc1ccccc1F. The molecule has 0 aromatic heterocycles. The van der Waals surface area contributed by atoms with Gasteiger partial charge >= 0.3 is 6.09 Å². The molecule has 8 heteroatoms. The van der Waals surface area contributed by atoms with Gasteiger partial charge in [-0.1, -0.05) is 22.7 Å². The van der Waals surface area contributed by atoms with Crippen LogP contribution in [0.4, 0.5) is 18.1 Å². The molecule has 0 radical (unpaired) electrons. The number of alkyl carbamates (subject to hydrolysis) is 1. The molecule has 0 saturated carbocycles. The summed E-state index contributed by atoms with van der Waals surface area (Å²) in [5.41, 5.74) is 0.915. The first kappa shape index (κ1) is 12.8. The molecule has 0 fully saturated rings. The van der Waals surface area contributed by atoms with E-state index in [1.54, 1.807) is 11.4 Å². The molecule has 0 heterocycles. The van der Waals surface area contributed by atoms with Crippen molar-refractivity contribution in [2.24, 2.45) is 5.21 Å². The van der Waals surface area contributed by atoms with E-state index in [-0.39, 0.29) is 12.2 Å². The van der Waals surface area contributed by atoms with E-state index < -0.39 is 17.9 Å². The van der Waals surface area contributed by atoms with Crippen molar-refractivity contribution in [2.75, 3.05) is 0 Å². The van der Waals surface area contributed by atoms with Gasteiger partial charge < -0.3 is 4.74 Å². The number of ether oxygens (including phenoxy) is 1. The fraction of sp³-hybridized carbons (Fsp3) is 0.111. The number of hydrogen-bond donors (Lipinski definition) is 2. The van der Waals surface area contributed by atoms with Crippen LogP contribution in [0.2, 0.25) is 0 Å². The molecular weight excluding hydrogens is 239 g/mol. The number of guanidine groups is 1. The third-order valence-electron chi connectivity index (χ3n) is 1.71. The van der Waals surface area contributed by atoms with Gasteiger partial charge in [-0.25, -0.2) is 9.18 Å². The number of rotatable bonds is 2. The summed E-state index contributed by atoms with van der Waals surface area (Å²) < 4.78 is 40.9. The van der Waals surface area contributed by atoms with Crippen LogP contribution in [0.15, 0.2) is 29.5 Å². The first-order valence-electron chi connectivity index (χ1n) is 4.40. The molecule has 0 aliphatic carbocycles. The summed E-state index contributed by atoms with van der Waals surface area (Å²) in [6, 6.07) is 5.62. The first-order chi connectivity index (χ1) is 8.17. The van der Waals surface area contributed by atoms with E-state index in [1.807, 2.05) is 5.21 Å². The third kappa shape index (κ3) is 4.01. The zero-order valence-electron chi connectivity index (χ0n) is 8.41. The second-order valence-corrected chi connectivity index (χ2v) is 2.82. The number of hydrogen-bond acceptors (Lipinski definition) is 3. The molecular formula is C9H8F3N3O2. The van der Waals surface area contributed by atoms with Gasteiger partial charge in [0.25, 0.3) is 5.96 Å². The predicted octanol–water partition coefficient (Wildman–Crippen LogP) is 1.77. The minimum Gasteiger partial charge on any atom is -0.444 e. The van der Waals surface area contributed by atoms with Gasteiger partial charge in [0.2, 0.25) is 0 Å². The van der Waals surface area contributed by atoms with Crippen molar-refractivity contribution in [1.29, 1.82) is 0 Å². The van der Waals surface area contributed by atoms with Crippen LogP contribution < -0.4 is 10.9 Å². The lowest BCUT2D eigenvalue weighted by atomic mass is 10.2. The maximum absolute atomic E-state index is 13.1. The number of nitrogens with zero attached hydrogens (tertiary/aromatic N) is 1. The van der Waals surface area contributed by atoms with Gasteiger partial charge in [0.05, 0.1) is 0 Å². The van der Waals surface area contributed by atoms with Crippen LogP contribution in [-0.4, -0.2) is 12.1 Å². The molecule has 0 saturated heterocycles. The normalized spacial score (nSPS) is 10.9. The van der Waals surface area contributed by atoms with E-state index in [1.165, 1.54) is 18.2 Å². The zero-order valence-corrected chi connectivity index (χ0v) is 8.41. The number of amides is 1. The van der Waals surface area contributed by atoms with Crippen LogP contribution in [0.1, 0.15) is 5.56 Å². The van der Waals surface area contributed by atoms with Crippen molar-refractivity contribution in [3.8, 4) is 0 Å². The highest BCUT2D eigenvalue weighted by Gasteiger charge is 2.09. The summed E-state index contributed by atoms with van der Waals surface area (Å²) in [5, 5.41) is 3.47. The van der Waals surface area contributed by atoms with E-state index in [4.69, 9.17) is 0 Å². The molecule has 17 heavy (non-hydrogen) atoms. The molecule has 2 N–H and O–H groups in total. The van der Waals surface area contributed by atoms with Gasteiger partial charge in [-0.2, -0.15) is 5.54 Å². The molecule has 0 bridgehead atoms. The Balaban J connectivity index is 2.46. The summed E-state index contributed by atoms with van der Waals surface area (Å²) in [4.78, 5) is 10.9. The van der Waals surface area contributed by atoms with E-state index >= 15 is 0 Å². The predicted molar refractivity (Wildman–Crippen MR) is 52.5 cm³/mol. The summed E-state index contributed by atoms with van der Waals surface area (Å²) >= 11 is 0. The van der Waals surface area contributed by atoms with Gasteiger partial charge in [0, 0.05) is 5.56 Å². The number of halogens is 3. The Morgan fingerprint density at radius 1 is 1.41 bits per heavy atom. The Bertz CT molecular complexity index is 426. The number of carbonyl (C=O) groups is 1. The smallest absolute Gasteiger partial charge is 0.414 e. The molecule has 1 aromatic carbocycles. The van der Waals surface area contributed by atoms with Crippen molar-refractivity contribution >= 4 is 12.1 Å². The molecule has 0 spiro atoms. The van der Waals surface area contributed by atoms with Crippen LogP contribution in [0.3, 0.4) is 0 Å². The first-order valence-corrected chi connectivity index (χ1v) is 4.40. The van der Waals surface area contributed by atoms with Crippen molar-refractivity contribution in [2.45, 2.75) is 6.61 Å². The van der Waals surface area contributed by atoms with Crippen LogP contribution in [0.5, 0.6) is 0 Å². The quantitative estimate of drug-likeness (QED) is 0.475. The minimum atomic E-state index is -1.17. The highest BCUT2D eigenvalue weighted by Crippen LogP contribution is 2.07. The topological polar surface area (TPSA) is 62.7 Å². The van der Waals surface area contributed by atoms with Gasteiger partial charge in [0.1, 0.15) is 12.4 Å². The Morgan fingerprint density at radius 3 is 2.71 bits per heavy atom. The zero-order chi connectivity index (χ0) is 12.7. The molecule has 0 unspecified atom stereocenters. The van der Waals surface area contributed by atoms with Gasteiger partial charge in [-0.3, -0.25) is 5.32 Å². The molecule has 5 nitrogen and oxygen atoms in total. The fourth-order valence-corrected chi connectivity index (χ4v) is 0.952. The lowest BCUT2D eigenvalue weighted by Gasteiger charge is -2.06. The molecule has 1 rings (SSSR count). The number of carbonyl (C=O) groups excluding carboxylic acids is 1. The third-order valence-corrected chi connectivity index (χ3v) is 1.71. The van der Waals surface area contributed by atoms with E-state index in [0.717, 1.165) is 5.54 Å². The Hall–Kier alpha value is -2.25. The lowest BCUT2D eigenvalue weighted by Crippen LogP contribution is -2.37. The fourth-order valence-electron chi connectivity index (χ4n) is 0.952. The molecule has 0 aliphatic rings. The van der Waals surface area contributed by atoms with Crippen LogP contribution >= 0.6 is 0 Å². The molecule has 1 amide bonds. The average Bonchev–Trinajstić information content (AvgIpc) is 2.35. The van der Waals surface area contributed by atoms with Crippen LogP contribution in [-0.2, 0) is 11.3 Å². The second kappa shape index (κ2) is 6.36. The van der Waals surface area contributed by atoms with Crippen LogP contribution in [0, 0.1) is 5.82 Å². The van der Waals surface area contributed by atoms with Gasteiger partial charge in [-0.05, 0) is 11.3 Å². The van der Waals surface area contributed by atoms with E-state index in [9.17, 15) is 18.1 Å². The highest BCUT2D eigenvalue weighted by atomic mass is 19.2. The van der Waals surface area contributed by atoms with Gasteiger partial charge in [0.15, 0.2) is 0 Å². The standard InChI is InChI=1S/C9H8F3N3O2/c10-7-4-2-1-3-6(7)5-17-9(16)13-8(14-11)15-12/h1-4H,5H2,(H2,13,14,15,16). The summed E-state index contributed by atoms with van der Waals surface area (Å²) in [6.07, 6.45) is -1.17. The Labute approximate surface area is 94.2 Å². The number of nitrogens with one attached hydrogen (secondary N) is 2. The molecule has 0 atom stereocenters. The van der Waals surface area contributed by atoms with E-state index in [0.29, 0.717) is 0 Å². The Morgan fingerprint density at radius 2 is 2.12 bits per heavy atom. The maximum Gasteiger partial charge on any atom is 0.414 e. The largest absolute Gasteiger partial charge is 0.444 e. The van der Waals surface area contributed by atoms with Crippen molar-refractivity contribution in [1.82, 2.24) is 10.9 Å². The molecule has 1 aromatic rings. The molecule has 92 valence electrons. The molecule has 0 aliphatic heterocycles. The minimum absolute atomic E-state index is 0.134. The second-order valence-electron chi connectivity index (χ2n) is 2.82. The van der Waals surface area contributed by atoms with Crippen molar-refractivity contribution in [3.63, 3.8) is 0 Å². The maximum atomic E-state index is 13.1. The lowest BCUT2D eigenvalue weighted by molar-refractivity contribution is 0.142. The Kier molecular flexibility index (Phi) is 4.79. The summed E-state index contributed by atoms with van der Waals surface area (Å²) in [6.45, 7) is -0.371. The number of benzene rings is 1. The summed E-state index contributed by atoms with van der Waals surface area (Å²) in [7, 11) is 0.